The van der Waals surface area contributed by atoms with Crippen molar-refractivity contribution in [1.29, 1.82) is 0 Å². The summed E-state index contributed by atoms with van der Waals surface area (Å²) in [6, 6.07) is 14.8. The lowest BCUT2D eigenvalue weighted by Crippen LogP contribution is -2.37. The van der Waals surface area contributed by atoms with Gasteiger partial charge in [-0.3, -0.25) is 14.5 Å². The summed E-state index contributed by atoms with van der Waals surface area (Å²) in [7, 11) is 0. The Labute approximate surface area is 192 Å². The molecular weight excluding hydrogens is 421 g/mol. The SMILES string of the molecule is Cc1ccc(C(CNC(=O)c2cccc(C)c2NC(=O)c2ccccc2F)N2CCCC2)o1. The van der Waals surface area contributed by atoms with Crippen LogP contribution in [-0.2, 0) is 0 Å². The molecule has 1 saturated heterocycles. The lowest BCUT2D eigenvalue weighted by atomic mass is 10.1. The first-order chi connectivity index (χ1) is 15.9. The van der Waals surface area contributed by atoms with E-state index in [0.29, 0.717) is 23.4 Å². The van der Waals surface area contributed by atoms with E-state index >= 15 is 0 Å². The Bertz CT molecular complexity index is 1150. The monoisotopic (exact) mass is 449 g/mol. The number of halogens is 1. The van der Waals surface area contributed by atoms with Gasteiger partial charge in [0, 0.05) is 6.54 Å². The molecule has 2 heterocycles. The zero-order chi connectivity index (χ0) is 23.4. The van der Waals surface area contributed by atoms with E-state index in [-0.39, 0.29) is 17.5 Å². The molecule has 33 heavy (non-hydrogen) atoms. The summed E-state index contributed by atoms with van der Waals surface area (Å²) in [6.07, 6.45) is 2.24. The van der Waals surface area contributed by atoms with Crippen molar-refractivity contribution in [3.63, 3.8) is 0 Å². The fraction of sp³-hybridized carbons (Fsp3) is 0.308. The molecule has 4 rings (SSSR count). The molecule has 0 saturated carbocycles. The molecule has 1 atom stereocenters. The van der Waals surface area contributed by atoms with Crippen LogP contribution in [0.1, 0.15) is 56.7 Å². The number of carbonyl (C=O) groups excluding carboxylic acids is 2. The second-order valence-electron chi connectivity index (χ2n) is 8.35. The van der Waals surface area contributed by atoms with Gasteiger partial charge in [-0.15, -0.1) is 0 Å². The number of nitrogens with one attached hydrogen (secondary N) is 2. The molecule has 3 aromatic rings. The molecule has 1 unspecified atom stereocenters. The molecule has 2 amide bonds. The minimum atomic E-state index is -0.614. The Balaban J connectivity index is 1.52. The van der Waals surface area contributed by atoms with Crippen molar-refractivity contribution in [3.8, 4) is 0 Å². The van der Waals surface area contributed by atoms with Crippen molar-refractivity contribution >= 4 is 17.5 Å². The number of aryl methyl sites for hydroxylation is 2. The number of carbonyl (C=O) groups is 2. The van der Waals surface area contributed by atoms with Crippen molar-refractivity contribution in [2.24, 2.45) is 0 Å². The fourth-order valence-electron chi connectivity index (χ4n) is 4.23. The number of furan rings is 1. The van der Waals surface area contributed by atoms with Crippen LogP contribution >= 0.6 is 0 Å². The van der Waals surface area contributed by atoms with Crippen molar-refractivity contribution < 1.29 is 18.4 Å². The molecule has 6 nitrogen and oxygen atoms in total. The van der Waals surface area contributed by atoms with E-state index in [4.69, 9.17) is 4.42 Å². The molecule has 0 spiro atoms. The number of anilines is 1. The maximum atomic E-state index is 14.1. The molecule has 0 aliphatic carbocycles. The van der Waals surface area contributed by atoms with Crippen LogP contribution in [0, 0.1) is 19.7 Å². The predicted octanol–water partition coefficient (Wildman–Crippen LogP) is 4.85. The summed E-state index contributed by atoms with van der Waals surface area (Å²) in [5.41, 5.74) is 1.34. The highest BCUT2D eigenvalue weighted by atomic mass is 19.1. The molecule has 2 aromatic carbocycles. The van der Waals surface area contributed by atoms with Gasteiger partial charge in [0.1, 0.15) is 17.3 Å². The average molecular weight is 450 g/mol. The van der Waals surface area contributed by atoms with Crippen molar-refractivity contribution in [1.82, 2.24) is 10.2 Å². The summed E-state index contributed by atoms with van der Waals surface area (Å²) < 4.78 is 19.9. The van der Waals surface area contributed by atoms with Gasteiger partial charge in [0.15, 0.2) is 0 Å². The van der Waals surface area contributed by atoms with Crippen LogP contribution in [0.3, 0.4) is 0 Å². The zero-order valence-corrected chi connectivity index (χ0v) is 18.9. The molecule has 0 radical (unpaired) electrons. The van der Waals surface area contributed by atoms with Crippen LogP contribution in [0.2, 0.25) is 0 Å². The maximum absolute atomic E-state index is 14.1. The Kier molecular flexibility index (Phi) is 6.89. The fourth-order valence-corrected chi connectivity index (χ4v) is 4.23. The Morgan fingerprint density at radius 3 is 2.39 bits per heavy atom. The molecular formula is C26H28FN3O3. The second kappa shape index (κ2) is 10.0. The quantitative estimate of drug-likeness (QED) is 0.541. The standard InChI is InChI=1S/C26H28FN3O3/c1-17-8-7-10-20(24(17)29-26(32)19-9-3-4-11-21(19)27)25(31)28-16-22(30-14-5-6-15-30)23-13-12-18(2)33-23/h3-4,7-13,22H,5-6,14-16H2,1-2H3,(H,28,31)(H,29,32). The van der Waals surface area contributed by atoms with Gasteiger partial charge in [0.25, 0.3) is 11.8 Å². The number of amides is 2. The summed E-state index contributed by atoms with van der Waals surface area (Å²) in [5, 5.41) is 5.74. The van der Waals surface area contributed by atoms with Crippen LogP contribution in [0.4, 0.5) is 10.1 Å². The molecule has 0 bridgehead atoms. The summed E-state index contributed by atoms with van der Waals surface area (Å²) in [5.74, 6) is 0.133. The lowest BCUT2D eigenvalue weighted by molar-refractivity contribution is 0.0934. The first-order valence-corrected chi connectivity index (χ1v) is 11.2. The van der Waals surface area contributed by atoms with Crippen molar-refractivity contribution in [2.75, 3.05) is 25.0 Å². The maximum Gasteiger partial charge on any atom is 0.258 e. The second-order valence-corrected chi connectivity index (χ2v) is 8.35. The van der Waals surface area contributed by atoms with Crippen LogP contribution in [0.15, 0.2) is 59.0 Å². The van der Waals surface area contributed by atoms with E-state index in [1.807, 2.05) is 19.1 Å². The molecule has 7 heteroatoms. The summed E-state index contributed by atoms with van der Waals surface area (Å²) in [6.45, 7) is 5.98. The third-order valence-corrected chi connectivity index (χ3v) is 6.00. The number of rotatable bonds is 7. The normalized spacial score (nSPS) is 14.8. The zero-order valence-electron chi connectivity index (χ0n) is 18.9. The van der Waals surface area contributed by atoms with Gasteiger partial charge in [-0.2, -0.15) is 0 Å². The van der Waals surface area contributed by atoms with E-state index in [0.717, 1.165) is 37.5 Å². The number of para-hydroxylation sites is 1. The average Bonchev–Trinajstić information content (AvgIpc) is 3.48. The minimum absolute atomic E-state index is 0.0635. The van der Waals surface area contributed by atoms with Gasteiger partial charge in [-0.25, -0.2) is 4.39 Å². The molecule has 1 fully saturated rings. The lowest BCUT2D eigenvalue weighted by Gasteiger charge is -2.26. The molecule has 172 valence electrons. The number of nitrogens with zero attached hydrogens (tertiary/aromatic N) is 1. The first-order valence-electron chi connectivity index (χ1n) is 11.2. The minimum Gasteiger partial charge on any atom is -0.465 e. The van der Waals surface area contributed by atoms with Crippen LogP contribution in [-0.4, -0.2) is 36.3 Å². The van der Waals surface area contributed by atoms with Crippen molar-refractivity contribution in [3.05, 3.63) is 88.6 Å². The van der Waals surface area contributed by atoms with Gasteiger partial charge in [0.2, 0.25) is 0 Å². The number of hydrogen-bond acceptors (Lipinski definition) is 4. The third-order valence-electron chi connectivity index (χ3n) is 6.00. The highest BCUT2D eigenvalue weighted by Gasteiger charge is 2.27. The predicted molar refractivity (Wildman–Crippen MR) is 125 cm³/mol. The topological polar surface area (TPSA) is 74.6 Å². The highest BCUT2D eigenvalue weighted by Crippen LogP contribution is 2.27. The van der Waals surface area contributed by atoms with Gasteiger partial charge >= 0.3 is 0 Å². The van der Waals surface area contributed by atoms with Gasteiger partial charge < -0.3 is 15.1 Å². The molecule has 2 N–H and O–H groups in total. The number of benzene rings is 2. The van der Waals surface area contributed by atoms with Gasteiger partial charge in [-0.05, 0) is 75.7 Å². The smallest absolute Gasteiger partial charge is 0.258 e. The van der Waals surface area contributed by atoms with Crippen LogP contribution < -0.4 is 10.6 Å². The van der Waals surface area contributed by atoms with E-state index in [2.05, 4.69) is 15.5 Å². The molecule has 1 aliphatic heterocycles. The van der Waals surface area contributed by atoms with Crippen molar-refractivity contribution in [2.45, 2.75) is 32.7 Å². The Morgan fingerprint density at radius 1 is 0.970 bits per heavy atom. The summed E-state index contributed by atoms with van der Waals surface area (Å²) >= 11 is 0. The van der Waals surface area contributed by atoms with E-state index < -0.39 is 11.7 Å². The Morgan fingerprint density at radius 2 is 1.70 bits per heavy atom. The Hall–Kier alpha value is -3.45. The summed E-state index contributed by atoms with van der Waals surface area (Å²) in [4.78, 5) is 28.2. The molecule has 1 aromatic heterocycles. The first kappa shape index (κ1) is 22.7. The number of likely N-dealkylation sites (tertiary alicyclic amines) is 1. The van der Waals surface area contributed by atoms with Crippen LogP contribution in [0.25, 0.3) is 0 Å². The van der Waals surface area contributed by atoms with Gasteiger partial charge in [0.05, 0.1) is 22.9 Å². The largest absolute Gasteiger partial charge is 0.465 e. The van der Waals surface area contributed by atoms with Gasteiger partial charge in [-0.1, -0.05) is 24.3 Å². The van der Waals surface area contributed by atoms with E-state index in [9.17, 15) is 14.0 Å². The molecule has 1 aliphatic rings. The van der Waals surface area contributed by atoms with E-state index in [1.54, 1.807) is 31.2 Å². The van der Waals surface area contributed by atoms with Crippen LogP contribution in [0.5, 0.6) is 0 Å². The highest BCUT2D eigenvalue weighted by molar-refractivity contribution is 6.09. The van der Waals surface area contributed by atoms with E-state index in [1.165, 1.54) is 18.2 Å². The third kappa shape index (κ3) is 5.14. The number of hydrogen-bond donors (Lipinski definition) is 2.